The van der Waals surface area contributed by atoms with Crippen molar-refractivity contribution < 1.29 is 9.72 Å². The van der Waals surface area contributed by atoms with Crippen molar-refractivity contribution >= 4 is 11.6 Å². The predicted octanol–water partition coefficient (Wildman–Crippen LogP) is 2.65. The summed E-state index contributed by atoms with van der Waals surface area (Å²) in [6, 6.07) is 7.32. The molecule has 1 amide bonds. The molecule has 1 N–H and O–H groups in total. The fourth-order valence-corrected chi connectivity index (χ4v) is 3.30. The van der Waals surface area contributed by atoms with Crippen LogP contribution in [0.5, 0.6) is 0 Å². The third-order valence-electron chi connectivity index (χ3n) is 4.96. The maximum atomic E-state index is 12.1. The number of hydrogen-bond donors (Lipinski definition) is 1. The molecule has 1 saturated heterocycles. The summed E-state index contributed by atoms with van der Waals surface area (Å²) in [6.07, 6.45) is 3.87. The van der Waals surface area contributed by atoms with E-state index in [0.29, 0.717) is 6.04 Å². The van der Waals surface area contributed by atoms with Gasteiger partial charge in [0.1, 0.15) is 0 Å². The third-order valence-corrected chi connectivity index (χ3v) is 4.96. The molecule has 1 aliphatic carbocycles. The lowest BCUT2D eigenvalue weighted by Gasteiger charge is -2.35. The fourth-order valence-electron chi connectivity index (χ4n) is 3.30. The number of carbonyl (C=O) groups excluding carboxylic acids is 1. The van der Waals surface area contributed by atoms with E-state index in [1.165, 1.54) is 0 Å². The molecule has 1 saturated carbocycles. The molecule has 6 nitrogen and oxygen atoms in total. The van der Waals surface area contributed by atoms with Crippen molar-refractivity contribution in [3.63, 3.8) is 0 Å². The summed E-state index contributed by atoms with van der Waals surface area (Å²) in [4.78, 5) is 25.2. The van der Waals surface area contributed by atoms with Gasteiger partial charge in [0, 0.05) is 29.6 Å². The van der Waals surface area contributed by atoms with Crippen molar-refractivity contribution in [3.8, 4) is 0 Å². The van der Waals surface area contributed by atoms with Gasteiger partial charge < -0.3 is 5.32 Å². The summed E-state index contributed by atoms with van der Waals surface area (Å²) in [5.41, 5.74) is 0.923. The first-order valence-electron chi connectivity index (χ1n) is 8.34. The van der Waals surface area contributed by atoms with E-state index in [-0.39, 0.29) is 28.5 Å². The second-order valence-electron chi connectivity index (χ2n) is 6.59. The van der Waals surface area contributed by atoms with Crippen LogP contribution in [-0.4, -0.2) is 34.9 Å². The molecule has 1 aromatic rings. The Bertz CT molecular complexity index is 593. The third kappa shape index (κ3) is 3.69. The molecule has 2 fully saturated rings. The standard InChI is InChI=1S/C17H23N3O3/c1-12(15-4-2-3-5-16(15)20(22)23)19-10-8-13(9-11-19)17(21)18-14-6-7-14/h2-5,12-14H,6-11H2,1H3,(H,18,21)/t12-/m1/s1. The van der Waals surface area contributed by atoms with E-state index in [0.717, 1.165) is 44.3 Å². The number of rotatable bonds is 5. The van der Waals surface area contributed by atoms with E-state index < -0.39 is 0 Å². The smallest absolute Gasteiger partial charge is 0.274 e. The molecular formula is C17H23N3O3. The van der Waals surface area contributed by atoms with Gasteiger partial charge in [-0.1, -0.05) is 18.2 Å². The average molecular weight is 317 g/mol. The highest BCUT2D eigenvalue weighted by Crippen LogP contribution is 2.32. The molecule has 1 heterocycles. The lowest BCUT2D eigenvalue weighted by molar-refractivity contribution is -0.386. The zero-order valence-electron chi connectivity index (χ0n) is 13.4. The molecule has 1 atom stereocenters. The lowest BCUT2D eigenvalue weighted by Crippen LogP contribution is -2.42. The van der Waals surface area contributed by atoms with E-state index in [1.54, 1.807) is 12.1 Å². The number of likely N-dealkylation sites (tertiary alicyclic amines) is 1. The van der Waals surface area contributed by atoms with Crippen LogP contribution in [0.2, 0.25) is 0 Å². The van der Waals surface area contributed by atoms with Gasteiger partial charge in [-0.05, 0) is 45.7 Å². The van der Waals surface area contributed by atoms with Crippen molar-refractivity contribution in [2.45, 2.75) is 44.7 Å². The minimum Gasteiger partial charge on any atom is -0.353 e. The van der Waals surface area contributed by atoms with E-state index in [4.69, 9.17) is 0 Å². The van der Waals surface area contributed by atoms with Gasteiger partial charge in [0.25, 0.3) is 5.69 Å². The SMILES string of the molecule is C[C@H](c1ccccc1[N+](=O)[O-])N1CCC(C(=O)NC2CC2)CC1. The molecule has 1 aliphatic heterocycles. The number of amides is 1. The summed E-state index contributed by atoms with van der Waals surface area (Å²) >= 11 is 0. The summed E-state index contributed by atoms with van der Waals surface area (Å²) in [7, 11) is 0. The van der Waals surface area contributed by atoms with Crippen LogP contribution in [0.1, 0.15) is 44.2 Å². The number of nitrogens with zero attached hydrogens (tertiary/aromatic N) is 2. The summed E-state index contributed by atoms with van der Waals surface area (Å²) in [5.74, 6) is 0.273. The Balaban J connectivity index is 1.60. The minimum atomic E-state index is -0.318. The summed E-state index contributed by atoms with van der Waals surface area (Å²) < 4.78 is 0. The Kier molecular flexibility index (Phi) is 4.61. The van der Waals surface area contributed by atoms with Gasteiger partial charge >= 0.3 is 0 Å². The Morgan fingerprint density at radius 1 is 1.26 bits per heavy atom. The number of para-hydroxylation sites is 1. The molecule has 23 heavy (non-hydrogen) atoms. The Morgan fingerprint density at radius 2 is 1.91 bits per heavy atom. The van der Waals surface area contributed by atoms with Crippen LogP contribution in [0.25, 0.3) is 0 Å². The van der Waals surface area contributed by atoms with Gasteiger partial charge in [-0.25, -0.2) is 0 Å². The van der Waals surface area contributed by atoms with Gasteiger partial charge in [0.2, 0.25) is 5.91 Å². The second kappa shape index (κ2) is 6.66. The van der Waals surface area contributed by atoms with Crippen LogP contribution in [0, 0.1) is 16.0 Å². The van der Waals surface area contributed by atoms with E-state index >= 15 is 0 Å². The summed E-state index contributed by atoms with van der Waals surface area (Å²) in [5, 5.41) is 14.3. The monoisotopic (exact) mass is 317 g/mol. The molecule has 124 valence electrons. The van der Waals surface area contributed by atoms with Crippen LogP contribution in [0.4, 0.5) is 5.69 Å². The Labute approximate surface area is 136 Å². The Morgan fingerprint density at radius 3 is 2.52 bits per heavy atom. The van der Waals surface area contributed by atoms with Crippen LogP contribution >= 0.6 is 0 Å². The molecule has 0 aromatic heterocycles. The molecule has 0 bridgehead atoms. The van der Waals surface area contributed by atoms with Gasteiger partial charge in [0.05, 0.1) is 4.92 Å². The van der Waals surface area contributed by atoms with E-state index in [1.807, 2.05) is 19.1 Å². The number of nitro benzene ring substituents is 1. The average Bonchev–Trinajstić information content (AvgIpc) is 3.38. The van der Waals surface area contributed by atoms with Crippen molar-refractivity contribution in [2.75, 3.05) is 13.1 Å². The van der Waals surface area contributed by atoms with Crippen LogP contribution < -0.4 is 5.32 Å². The number of nitrogens with one attached hydrogen (secondary N) is 1. The maximum Gasteiger partial charge on any atom is 0.274 e. The molecule has 0 radical (unpaired) electrons. The quantitative estimate of drug-likeness (QED) is 0.669. The van der Waals surface area contributed by atoms with Crippen molar-refractivity contribution in [1.82, 2.24) is 10.2 Å². The zero-order chi connectivity index (χ0) is 16.4. The lowest BCUT2D eigenvalue weighted by atomic mass is 9.93. The first-order chi connectivity index (χ1) is 11.1. The molecule has 1 aromatic carbocycles. The summed E-state index contributed by atoms with van der Waals surface area (Å²) in [6.45, 7) is 3.61. The van der Waals surface area contributed by atoms with Crippen molar-refractivity contribution in [2.24, 2.45) is 5.92 Å². The van der Waals surface area contributed by atoms with E-state index in [9.17, 15) is 14.9 Å². The van der Waals surface area contributed by atoms with Gasteiger partial charge in [-0.3, -0.25) is 19.8 Å². The number of piperidine rings is 1. The number of carbonyl (C=O) groups is 1. The van der Waals surface area contributed by atoms with E-state index in [2.05, 4.69) is 10.2 Å². The topological polar surface area (TPSA) is 75.5 Å². The molecular weight excluding hydrogens is 294 g/mol. The van der Waals surface area contributed by atoms with Gasteiger partial charge in [-0.15, -0.1) is 0 Å². The zero-order valence-corrected chi connectivity index (χ0v) is 13.4. The van der Waals surface area contributed by atoms with Crippen molar-refractivity contribution in [1.29, 1.82) is 0 Å². The normalized spacial score (nSPS) is 20.9. The number of hydrogen-bond acceptors (Lipinski definition) is 4. The highest BCUT2D eigenvalue weighted by Gasteiger charge is 2.32. The maximum absolute atomic E-state index is 12.1. The van der Waals surface area contributed by atoms with Crippen LogP contribution in [0.3, 0.4) is 0 Å². The molecule has 6 heteroatoms. The molecule has 0 spiro atoms. The first kappa shape index (κ1) is 15.9. The predicted molar refractivity (Wildman–Crippen MR) is 87.0 cm³/mol. The molecule has 2 aliphatic rings. The number of benzene rings is 1. The minimum absolute atomic E-state index is 0.0101. The molecule has 3 rings (SSSR count). The van der Waals surface area contributed by atoms with Crippen molar-refractivity contribution in [3.05, 3.63) is 39.9 Å². The molecule has 0 unspecified atom stereocenters. The highest BCUT2D eigenvalue weighted by molar-refractivity contribution is 5.79. The second-order valence-corrected chi connectivity index (χ2v) is 6.59. The van der Waals surface area contributed by atoms with Gasteiger partial charge in [0.15, 0.2) is 0 Å². The van der Waals surface area contributed by atoms with Crippen LogP contribution in [0.15, 0.2) is 24.3 Å². The van der Waals surface area contributed by atoms with Crippen LogP contribution in [-0.2, 0) is 4.79 Å². The number of nitro groups is 1. The first-order valence-corrected chi connectivity index (χ1v) is 8.34. The fraction of sp³-hybridized carbons (Fsp3) is 0.588. The van der Waals surface area contributed by atoms with Gasteiger partial charge in [-0.2, -0.15) is 0 Å². The Hall–Kier alpha value is -1.95. The highest BCUT2D eigenvalue weighted by atomic mass is 16.6. The largest absolute Gasteiger partial charge is 0.353 e.